The molecule has 0 atom stereocenters. The summed E-state index contributed by atoms with van der Waals surface area (Å²) in [7, 11) is -3.40. The van der Waals surface area contributed by atoms with E-state index in [2.05, 4.69) is 9.71 Å². The molecular formula is C12H12N2O2S. The van der Waals surface area contributed by atoms with Gasteiger partial charge in [0.2, 0.25) is 10.0 Å². The van der Waals surface area contributed by atoms with Crippen LogP contribution in [0.1, 0.15) is 5.56 Å². The van der Waals surface area contributed by atoms with Gasteiger partial charge in [-0.05, 0) is 17.7 Å². The molecular weight excluding hydrogens is 236 g/mol. The van der Waals surface area contributed by atoms with Gasteiger partial charge in [0, 0.05) is 6.20 Å². The van der Waals surface area contributed by atoms with Crippen molar-refractivity contribution >= 4 is 15.8 Å². The van der Waals surface area contributed by atoms with E-state index in [0.29, 0.717) is 5.82 Å². The van der Waals surface area contributed by atoms with E-state index in [1.54, 1.807) is 36.5 Å². The third-order valence-corrected chi connectivity index (χ3v) is 3.36. The van der Waals surface area contributed by atoms with Crippen LogP contribution in [0.5, 0.6) is 0 Å². The highest BCUT2D eigenvalue weighted by molar-refractivity contribution is 7.91. The van der Waals surface area contributed by atoms with E-state index in [0.717, 1.165) is 5.56 Å². The van der Waals surface area contributed by atoms with E-state index >= 15 is 0 Å². The van der Waals surface area contributed by atoms with Crippen molar-refractivity contribution in [2.24, 2.45) is 0 Å². The lowest BCUT2D eigenvalue weighted by Crippen LogP contribution is -2.15. The third-order valence-electron chi connectivity index (χ3n) is 2.12. The summed E-state index contributed by atoms with van der Waals surface area (Å²) < 4.78 is 26.1. The van der Waals surface area contributed by atoms with Gasteiger partial charge in [-0.25, -0.2) is 13.4 Å². The number of benzene rings is 1. The molecule has 1 aromatic heterocycles. The molecule has 2 rings (SSSR count). The Kier molecular flexibility index (Phi) is 3.39. The van der Waals surface area contributed by atoms with Gasteiger partial charge in [-0.15, -0.1) is 0 Å². The summed E-state index contributed by atoms with van der Waals surface area (Å²) >= 11 is 0. The monoisotopic (exact) mass is 248 g/mol. The Bertz CT molecular complexity index is 520. The predicted molar refractivity (Wildman–Crippen MR) is 66.9 cm³/mol. The second kappa shape index (κ2) is 4.97. The van der Waals surface area contributed by atoms with Gasteiger partial charge in [-0.1, -0.05) is 36.4 Å². The topological polar surface area (TPSA) is 59.1 Å². The van der Waals surface area contributed by atoms with Crippen molar-refractivity contribution in [3.05, 3.63) is 60.3 Å². The lowest BCUT2D eigenvalue weighted by molar-refractivity contribution is 0.600. The van der Waals surface area contributed by atoms with Crippen LogP contribution in [-0.4, -0.2) is 13.4 Å². The first-order chi connectivity index (χ1) is 8.16. The zero-order chi connectivity index (χ0) is 12.1. The third kappa shape index (κ3) is 3.57. The van der Waals surface area contributed by atoms with Gasteiger partial charge in [0.15, 0.2) is 0 Å². The second-order valence-electron chi connectivity index (χ2n) is 3.56. The Morgan fingerprint density at radius 2 is 1.71 bits per heavy atom. The van der Waals surface area contributed by atoms with Crippen molar-refractivity contribution < 1.29 is 8.42 Å². The highest BCUT2D eigenvalue weighted by atomic mass is 32.2. The van der Waals surface area contributed by atoms with E-state index in [1.165, 1.54) is 0 Å². The number of nitrogens with zero attached hydrogens (tertiary/aromatic N) is 1. The first-order valence-electron chi connectivity index (χ1n) is 5.11. The van der Waals surface area contributed by atoms with Crippen LogP contribution in [0.4, 0.5) is 5.82 Å². The first kappa shape index (κ1) is 11.6. The van der Waals surface area contributed by atoms with Gasteiger partial charge in [0.25, 0.3) is 0 Å². The lowest BCUT2D eigenvalue weighted by Gasteiger charge is -2.06. The molecule has 1 N–H and O–H groups in total. The molecule has 2 aromatic rings. The van der Waals surface area contributed by atoms with Gasteiger partial charge in [0.05, 0.1) is 5.75 Å². The normalized spacial score (nSPS) is 11.1. The van der Waals surface area contributed by atoms with Crippen LogP contribution in [0.3, 0.4) is 0 Å². The summed E-state index contributed by atoms with van der Waals surface area (Å²) in [5, 5.41) is 0. The van der Waals surface area contributed by atoms with Gasteiger partial charge >= 0.3 is 0 Å². The van der Waals surface area contributed by atoms with Crippen molar-refractivity contribution in [3.8, 4) is 0 Å². The van der Waals surface area contributed by atoms with Gasteiger partial charge in [-0.3, -0.25) is 4.72 Å². The Morgan fingerprint density at radius 3 is 2.35 bits per heavy atom. The van der Waals surface area contributed by atoms with Gasteiger partial charge in [0.1, 0.15) is 5.82 Å². The maximum absolute atomic E-state index is 11.8. The minimum Gasteiger partial charge on any atom is -0.267 e. The van der Waals surface area contributed by atoms with E-state index in [1.807, 2.05) is 18.2 Å². The summed E-state index contributed by atoms with van der Waals surface area (Å²) in [6, 6.07) is 14.1. The highest BCUT2D eigenvalue weighted by Gasteiger charge is 2.11. The Labute approximate surface area is 100 Å². The molecule has 4 nitrogen and oxygen atoms in total. The number of anilines is 1. The second-order valence-corrected chi connectivity index (χ2v) is 5.28. The minimum atomic E-state index is -3.40. The molecule has 0 amide bonds. The fraction of sp³-hybridized carbons (Fsp3) is 0.0833. The SMILES string of the molecule is O=S(=O)(Cc1ccccc1)Nc1ccccn1. The molecule has 0 saturated carbocycles. The van der Waals surface area contributed by atoms with E-state index in [-0.39, 0.29) is 5.75 Å². The summed E-state index contributed by atoms with van der Waals surface area (Å²) in [6.45, 7) is 0. The molecule has 0 fully saturated rings. The average molecular weight is 248 g/mol. The quantitative estimate of drug-likeness (QED) is 0.900. The minimum absolute atomic E-state index is 0.0512. The Morgan fingerprint density at radius 1 is 1.00 bits per heavy atom. The molecule has 5 heteroatoms. The molecule has 1 heterocycles. The van der Waals surface area contributed by atoms with Gasteiger partial charge < -0.3 is 0 Å². The number of rotatable bonds is 4. The molecule has 0 aliphatic heterocycles. The number of hydrogen-bond donors (Lipinski definition) is 1. The molecule has 1 aromatic carbocycles. The van der Waals surface area contributed by atoms with Crippen LogP contribution in [0.2, 0.25) is 0 Å². The summed E-state index contributed by atoms with van der Waals surface area (Å²) in [5.41, 5.74) is 0.746. The zero-order valence-corrected chi connectivity index (χ0v) is 9.89. The Hall–Kier alpha value is -1.88. The zero-order valence-electron chi connectivity index (χ0n) is 9.08. The lowest BCUT2D eigenvalue weighted by atomic mass is 10.2. The first-order valence-corrected chi connectivity index (χ1v) is 6.76. The van der Waals surface area contributed by atoms with Crippen molar-refractivity contribution in [1.29, 1.82) is 0 Å². The molecule has 0 unspecified atom stereocenters. The van der Waals surface area contributed by atoms with Gasteiger partial charge in [-0.2, -0.15) is 0 Å². The fourth-order valence-electron chi connectivity index (χ4n) is 1.41. The molecule has 17 heavy (non-hydrogen) atoms. The number of nitrogens with one attached hydrogen (secondary N) is 1. The van der Waals surface area contributed by atoms with Crippen LogP contribution in [-0.2, 0) is 15.8 Å². The largest absolute Gasteiger partial charge is 0.267 e. The maximum Gasteiger partial charge on any atom is 0.238 e. The molecule has 0 spiro atoms. The van der Waals surface area contributed by atoms with Crippen molar-refractivity contribution in [2.75, 3.05) is 4.72 Å². The molecule has 0 aliphatic rings. The standard InChI is InChI=1S/C12H12N2O2S/c15-17(16,10-11-6-2-1-3-7-11)14-12-8-4-5-9-13-12/h1-9H,10H2,(H,13,14). The number of sulfonamides is 1. The smallest absolute Gasteiger partial charge is 0.238 e. The van der Waals surface area contributed by atoms with Crippen LogP contribution in [0.25, 0.3) is 0 Å². The van der Waals surface area contributed by atoms with E-state index in [4.69, 9.17) is 0 Å². The fourth-order valence-corrected chi connectivity index (χ4v) is 2.56. The van der Waals surface area contributed by atoms with Crippen LogP contribution >= 0.6 is 0 Å². The molecule has 0 bridgehead atoms. The number of aromatic nitrogens is 1. The van der Waals surface area contributed by atoms with Crippen molar-refractivity contribution in [3.63, 3.8) is 0 Å². The average Bonchev–Trinajstić information content (AvgIpc) is 2.30. The van der Waals surface area contributed by atoms with Crippen molar-refractivity contribution in [1.82, 2.24) is 4.98 Å². The number of pyridine rings is 1. The molecule has 0 aliphatic carbocycles. The van der Waals surface area contributed by atoms with Crippen molar-refractivity contribution in [2.45, 2.75) is 5.75 Å². The summed E-state index contributed by atoms with van der Waals surface area (Å²) in [4.78, 5) is 3.92. The van der Waals surface area contributed by atoms with E-state index in [9.17, 15) is 8.42 Å². The molecule has 0 radical (unpaired) electrons. The summed E-state index contributed by atoms with van der Waals surface area (Å²) in [5.74, 6) is 0.285. The van der Waals surface area contributed by atoms with Crippen LogP contribution < -0.4 is 4.72 Å². The maximum atomic E-state index is 11.8. The molecule has 0 saturated heterocycles. The number of hydrogen-bond acceptors (Lipinski definition) is 3. The highest BCUT2D eigenvalue weighted by Crippen LogP contribution is 2.09. The van der Waals surface area contributed by atoms with Crippen LogP contribution in [0.15, 0.2) is 54.7 Å². The predicted octanol–water partition coefficient (Wildman–Crippen LogP) is 2.02. The van der Waals surface area contributed by atoms with Crippen LogP contribution in [0, 0.1) is 0 Å². The van der Waals surface area contributed by atoms with E-state index < -0.39 is 10.0 Å². The molecule has 88 valence electrons. The summed E-state index contributed by atoms with van der Waals surface area (Å²) in [6.07, 6.45) is 1.54. The Balaban J connectivity index is 2.11.